The Hall–Kier alpha value is -6.30. The molecule has 6 aromatic carbocycles. The molecule has 9 rings (SSSR count). The molecular weight excluding hydrogens is 530 g/mol. The monoisotopic (exact) mass is 549 g/mol. The van der Waals surface area contributed by atoms with Crippen molar-refractivity contribution in [2.75, 3.05) is 0 Å². The highest BCUT2D eigenvalue weighted by Gasteiger charge is 2.20. The van der Waals surface area contributed by atoms with Crippen LogP contribution in [0.2, 0.25) is 0 Å². The molecule has 0 fully saturated rings. The summed E-state index contributed by atoms with van der Waals surface area (Å²) in [6.45, 7) is 8.02. The van der Waals surface area contributed by atoms with Gasteiger partial charge in [-0.25, -0.2) is 4.85 Å². The molecule has 0 bridgehead atoms. The average molecular weight is 550 g/mol. The zero-order chi connectivity index (χ0) is 28.7. The van der Waals surface area contributed by atoms with Crippen LogP contribution in [0.4, 0.5) is 5.69 Å². The number of hydrogen-bond donors (Lipinski definition) is 0. The quantitative estimate of drug-likeness (QED) is 0.202. The van der Waals surface area contributed by atoms with Crippen LogP contribution < -0.4 is 0 Å². The van der Waals surface area contributed by atoms with Crippen molar-refractivity contribution in [3.05, 3.63) is 132 Å². The van der Waals surface area contributed by atoms with E-state index in [1.165, 1.54) is 0 Å². The maximum absolute atomic E-state index is 9.55. The number of furan rings is 2. The Kier molecular flexibility index (Phi) is 4.68. The van der Waals surface area contributed by atoms with Crippen LogP contribution in [-0.2, 0) is 0 Å². The lowest BCUT2D eigenvalue weighted by molar-refractivity contribution is 0.668. The molecule has 5 heteroatoms. The molecule has 9 aromatic rings. The van der Waals surface area contributed by atoms with E-state index in [0.29, 0.717) is 22.4 Å². The second-order valence-corrected chi connectivity index (χ2v) is 10.7. The van der Waals surface area contributed by atoms with Gasteiger partial charge in [-0.3, -0.25) is 0 Å². The highest BCUT2D eigenvalue weighted by Crippen LogP contribution is 2.43. The predicted molar refractivity (Wildman–Crippen MR) is 172 cm³/mol. The molecule has 3 heterocycles. The smallest absolute Gasteiger partial charge is 0.230 e. The minimum Gasteiger partial charge on any atom is -0.465 e. The van der Waals surface area contributed by atoms with Gasteiger partial charge in [-0.15, -0.1) is 0 Å². The summed E-state index contributed by atoms with van der Waals surface area (Å²) in [4.78, 5) is 3.88. The molecule has 0 saturated carbocycles. The summed E-state index contributed by atoms with van der Waals surface area (Å²) in [5.74, 6) is 0. The summed E-state index contributed by atoms with van der Waals surface area (Å²) in [7, 11) is 0. The summed E-state index contributed by atoms with van der Waals surface area (Å²) in [5.41, 5.74) is 8.80. The first-order valence-electron chi connectivity index (χ1n) is 13.9. The topological polar surface area (TPSA) is 59.4 Å². The third kappa shape index (κ3) is 3.25. The highest BCUT2D eigenvalue weighted by molar-refractivity contribution is 6.15. The number of nitrogens with zero attached hydrogens (tertiary/aromatic N) is 3. The Morgan fingerprint density at radius 2 is 1.37 bits per heavy atom. The third-order valence-electron chi connectivity index (χ3n) is 8.43. The summed E-state index contributed by atoms with van der Waals surface area (Å²) in [6.07, 6.45) is 0. The molecule has 198 valence electrons. The predicted octanol–water partition coefficient (Wildman–Crippen LogP) is 10.7. The zero-order valence-corrected chi connectivity index (χ0v) is 22.6. The molecule has 0 aliphatic carbocycles. The minimum atomic E-state index is 0.459. The van der Waals surface area contributed by atoms with Gasteiger partial charge in [0, 0.05) is 32.3 Å². The third-order valence-corrected chi connectivity index (χ3v) is 8.43. The lowest BCUT2D eigenvalue weighted by Gasteiger charge is -2.08. The molecule has 0 N–H and O–H groups in total. The van der Waals surface area contributed by atoms with Crippen molar-refractivity contribution in [1.29, 1.82) is 5.26 Å². The molecule has 5 nitrogen and oxygen atoms in total. The lowest BCUT2D eigenvalue weighted by Crippen LogP contribution is -1.94. The van der Waals surface area contributed by atoms with Crippen molar-refractivity contribution in [2.24, 2.45) is 0 Å². The first kappa shape index (κ1) is 23.4. The molecule has 0 unspecified atom stereocenters. The number of nitriles is 1. The van der Waals surface area contributed by atoms with E-state index in [4.69, 9.17) is 15.4 Å². The van der Waals surface area contributed by atoms with Crippen LogP contribution in [0, 0.1) is 17.9 Å². The van der Waals surface area contributed by atoms with E-state index in [-0.39, 0.29) is 0 Å². The fraction of sp³-hybridized carbons (Fsp3) is 0. The largest absolute Gasteiger partial charge is 0.465 e. The van der Waals surface area contributed by atoms with Gasteiger partial charge in [-0.2, -0.15) is 5.26 Å². The molecule has 0 saturated heterocycles. The van der Waals surface area contributed by atoms with E-state index < -0.39 is 0 Å². The van der Waals surface area contributed by atoms with Gasteiger partial charge in [-0.05, 0) is 71.8 Å². The van der Waals surface area contributed by atoms with Gasteiger partial charge in [0.1, 0.15) is 16.7 Å². The van der Waals surface area contributed by atoms with E-state index in [0.717, 1.165) is 71.3 Å². The Morgan fingerprint density at radius 1 is 0.581 bits per heavy atom. The molecule has 3 aromatic heterocycles. The van der Waals surface area contributed by atoms with Gasteiger partial charge >= 0.3 is 0 Å². The molecule has 43 heavy (non-hydrogen) atoms. The fourth-order valence-corrected chi connectivity index (χ4v) is 6.50. The Bertz CT molecular complexity index is 2710. The number of aromatic nitrogens is 1. The van der Waals surface area contributed by atoms with E-state index >= 15 is 0 Å². The Labute approximate surface area is 244 Å². The fourth-order valence-electron chi connectivity index (χ4n) is 6.50. The van der Waals surface area contributed by atoms with Gasteiger partial charge in [0.25, 0.3) is 0 Å². The average Bonchev–Trinajstić information content (AvgIpc) is 3.73. The van der Waals surface area contributed by atoms with Crippen molar-refractivity contribution >= 4 is 71.4 Å². The summed E-state index contributed by atoms with van der Waals surface area (Å²) in [5, 5.41) is 15.6. The normalized spacial score (nSPS) is 11.7. The molecule has 0 aliphatic rings. The number of para-hydroxylation sites is 3. The summed E-state index contributed by atoms with van der Waals surface area (Å²) >= 11 is 0. The van der Waals surface area contributed by atoms with E-state index in [2.05, 4.69) is 51.9 Å². The molecule has 0 amide bonds. The first-order valence-corrected chi connectivity index (χ1v) is 13.9. The van der Waals surface area contributed by atoms with Crippen LogP contribution in [0.1, 0.15) is 5.56 Å². The molecule has 0 aliphatic heterocycles. The van der Waals surface area contributed by atoms with Crippen LogP contribution >= 0.6 is 0 Å². The summed E-state index contributed by atoms with van der Waals surface area (Å²) in [6, 6.07) is 40.6. The van der Waals surface area contributed by atoms with Crippen LogP contribution in [0.5, 0.6) is 0 Å². The van der Waals surface area contributed by atoms with Gasteiger partial charge < -0.3 is 13.4 Å². The molecule has 0 radical (unpaired) electrons. The van der Waals surface area contributed by atoms with Crippen molar-refractivity contribution < 1.29 is 8.83 Å². The van der Waals surface area contributed by atoms with Gasteiger partial charge in [-0.1, -0.05) is 54.6 Å². The number of fused-ring (bicyclic) bond motifs is 9. The van der Waals surface area contributed by atoms with Crippen LogP contribution in [0.3, 0.4) is 0 Å². The van der Waals surface area contributed by atoms with Crippen molar-refractivity contribution in [3.63, 3.8) is 0 Å². The number of rotatable bonds is 2. The van der Waals surface area contributed by atoms with Crippen molar-refractivity contribution in [2.45, 2.75) is 0 Å². The molecule has 0 atom stereocenters. The van der Waals surface area contributed by atoms with Crippen LogP contribution in [0.15, 0.2) is 124 Å². The Balaban J connectivity index is 1.30. The number of hydrogen-bond acceptors (Lipinski definition) is 3. The second-order valence-electron chi connectivity index (χ2n) is 10.7. The second kappa shape index (κ2) is 8.60. The lowest BCUT2D eigenvalue weighted by atomic mass is 10.00. The van der Waals surface area contributed by atoms with Gasteiger partial charge in [0.15, 0.2) is 5.58 Å². The van der Waals surface area contributed by atoms with E-state index in [1.807, 2.05) is 78.9 Å². The van der Waals surface area contributed by atoms with Crippen molar-refractivity contribution in [1.82, 2.24) is 4.57 Å². The highest BCUT2D eigenvalue weighted by atomic mass is 16.3. The standard InChI is InChI=1S/C38H19N3O2/c1-40-31-19-24(23-14-15-27-26-8-3-5-12-35(26)42-36(27)20-23)18-30-28-9-6-11-34(38(28)43-37(30)31)41-32-10-4-2-7-25(32)29-17-22(21-39)13-16-33(29)41/h2-20H. The molecular formula is C38H19N3O2. The first-order chi connectivity index (χ1) is 21.2. The van der Waals surface area contributed by atoms with Crippen molar-refractivity contribution in [3.8, 4) is 22.9 Å². The van der Waals surface area contributed by atoms with E-state index in [9.17, 15) is 5.26 Å². The minimum absolute atomic E-state index is 0.459. The van der Waals surface area contributed by atoms with Gasteiger partial charge in [0.05, 0.1) is 34.9 Å². The Morgan fingerprint density at radius 3 is 2.26 bits per heavy atom. The van der Waals surface area contributed by atoms with Gasteiger partial charge in [0.2, 0.25) is 5.69 Å². The maximum atomic E-state index is 9.55. The SMILES string of the molecule is [C-]#[N+]c1cc(-c2ccc3c(c2)oc2ccccc23)cc2c1oc1c(-n3c4ccccc4c4cc(C#N)ccc43)cccc12. The van der Waals surface area contributed by atoms with Crippen LogP contribution in [-0.4, -0.2) is 4.57 Å². The van der Waals surface area contributed by atoms with Crippen LogP contribution in [0.25, 0.3) is 87.3 Å². The maximum Gasteiger partial charge on any atom is 0.230 e. The number of benzene rings is 6. The zero-order valence-electron chi connectivity index (χ0n) is 22.6. The van der Waals surface area contributed by atoms with E-state index in [1.54, 1.807) is 0 Å². The summed E-state index contributed by atoms with van der Waals surface area (Å²) < 4.78 is 14.9. The molecule has 0 spiro atoms.